The molecule has 0 aliphatic carbocycles. The van der Waals surface area contributed by atoms with Gasteiger partial charge in [0.25, 0.3) is 0 Å². The summed E-state index contributed by atoms with van der Waals surface area (Å²) in [7, 11) is 0. The zero-order valence-electron chi connectivity index (χ0n) is 14.5. The van der Waals surface area contributed by atoms with Crippen LogP contribution in [0.3, 0.4) is 0 Å². The molecule has 1 N–H and O–H groups in total. The van der Waals surface area contributed by atoms with Crippen molar-refractivity contribution in [1.29, 1.82) is 0 Å². The summed E-state index contributed by atoms with van der Waals surface area (Å²) >= 11 is 1.44. The van der Waals surface area contributed by atoms with Gasteiger partial charge < -0.3 is 19.4 Å². The van der Waals surface area contributed by atoms with Gasteiger partial charge in [-0.3, -0.25) is 4.79 Å². The second-order valence-corrected chi connectivity index (χ2v) is 7.39. The number of hydrogen-bond donors (Lipinski definition) is 1. The molecule has 0 saturated heterocycles. The Morgan fingerprint density at radius 2 is 2.12 bits per heavy atom. The predicted octanol–water partition coefficient (Wildman–Crippen LogP) is 2.05. The monoisotopic (exact) mass is 374 g/mol. The van der Waals surface area contributed by atoms with Gasteiger partial charge in [0.05, 0.1) is 12.3 Å². The maximum absolute atomic E-state index is 12.2. The van der Waals surface area contributed by atoms with Gasteiger partial charge in [-0.05, 0) is 25.0 Å². The Morgan fingerprint density at radius 1 is 1.23 bits per heavy atom. The molecule has 0 radical (unpaired) electrons. The van der Waals surface area contributed by atoms with Gasteiger partial charge in [-0.15, -0.1) is 10.2 Å². The van der Waals surface area contributed by atoms with Crippen LogP contribution in [0.25, 0.3) is 0 Å². The average molecular weight is 374 g/mol. The second kappa shape index (κ2) is 7.99. The standard InChI is InChI=1S/C18H22N4O3S/c23-17(12-26-18-21-20-16-8-2-1-5-9-22(16)18)19-10-13-11-24-14-6-3-4-7-15(14)25-13/h3-4,6-7,13H,1-2,5,8-12H2,(H,19,23)/t13-/m1/s1. The van der Waals surface area contributed by atoms with E-state index in [-0.39, 0.29) is 12.0 Å². The third kappa shape index (κ3) is 3.95. The number of benzene rings is 1. The SMILES string of the molecule is O=C(CSc1nnc2n1CCCCC2)NC[C@@H]1COc2ccccc2O1. The molecule has 8 heteroatoms. The fraction of sp³-hybridized carbons (Fsp3) is 0.500. The minimum atomic E-state index is -0.178. The third-order valence-electron chi connectivity index (χ3n) is 4.50. The lowest BCUT2D eigenvalue weighted by atomic mass is 10.2. The highest BCUT2D eigenvalue weighted by molar-refractivity contribution is 7.99. The normalized spacial score (nSPS) is 18.7. The number of carbonyl (C=O) groups excluding carboxylic acids is 1. The van der Waals surface area contributed by atoms with Gasteiger partial charge >= 0.3 is 0 Å². The van der Waals surface area contributed by atoms with Crippen molar-refractivity contribution < 1.29 is 14.3 Å². The quantitative estimate of drug-likeness (QED) is 0.807. The maximum Gasteiger partial charge on any atom is 0.230 e. The van der Waals surface area contributed by atoms with E-state index in [0.717, 1.165) is 48.3 Å². The van der Waals surface area contributed by atoms with E-state index >= 15 is 0 Å². The number of hydrogen-bond acceptors (Lipinski definition) is 6. The molecule has 138 valence electrons. The smallest absolute Gasteiger partial charge is 0.230 e. The molecule has 0 unspecified atom stereocenters. The van der Waals surface area contributed by atoms with E-state index in [9.17, 15) is 4.79 Å². The number of nitrogens with zero attached hydrogens (tertiary/aromatic N) is 3. The molecule has 1 amide bonds. The summed E-state index contributed by atoms with van der Waals surface area (Å²) in [4.78, 5) is 12.2. The van der Waals surface area contributed by atoms with Crippen LogP contribution in [0.5, 0.6) is 11.5 Å². The van der Waals surface area contributed by atoms with E-state index in [2.05, 4.69) is 20.1 Å². The second-order valence-electron chi connectivity index (χ2n) is 6.45. The van der Waals surface area contributed by atoms with Crippen LogP contribution in [-0.4, -0.2) is 45.7 Å². The van der Waals surface area contributed by atoms with Crippen LogP contribution >= 0.6 is 11.8 Å². The van der Waals surface area contributed by atoms with E-state index in [4.69, 9.17) is 9.47 Å². The highest BCUT2D eigenvalue weighted by atomic mass is 32.2. The fourth-order valence-corrected chi connectivity index (χ4v) is 3.95. The Hall–Kier alpha value is -2.22. The molecule has 0 saturated carbocycles. The van der Waals surface area contributed by atoms with Crippen molar-refractivity contribution in [3.8, 4) is 11.5 Å². The number of rotatable bonds is 5. The molecule has 1 atom stereocenters. The third-order valence-corrected chi connectivity index (χ3v) is 5.47. The van der Waals surface area contributed by atoms with Crippen molar-refractivity contribution in [2.24, 2.45) is 0 Å². The van der Waals surface area contributed by atoms with Gasteiger partial charge in [-0.2, -0.15) is 0 Å². The summed E-state index contributed by atoms with van der Waals surface area (Å²) < 4.78 is 13.7. The minimum Gasteiger partial charge on any atom is -0.486 e. The van der Waals surface area contributed by atoms with Crippen molar-refractivity contribution in [1.82, 2.24) is 20.1 Å². The maximum atomic E-state index is 12.2. The van der Waals surface area contributed by atoms with Crippen LogP contribution in [0.1, 0.15) is 25.1 Å². The van der Waals surface area contributed by atoms with Gasteiger partial charge in [0, 0.05) is 13.0 Å². The van der Waals surface area contributed by atoms with Gasteiger partial charge in [0.1, 0.15) is 18.5 Å². The van der Waals surface area contributed by atoms with E-state index in [1.165, 1.54) is 18.2 Å². The Bertz CT molecular complexity index is 780. The number of carbonyl (C=O) groups is 1. The zero-order valence-corrected chi connectivity index (χ0v) is 15.3. The number of fused-ring (bicyclic) bond motifs is 2. The van der Waals surface area contributed by atoms with Crippen LogP contribution in [0.15, 0.2) is 29.4 Å². The van der Waals surface area contributed by atoms with Crippen molar-refractivity contribution in [3.05, 3.63) is 30.1 Å². The molecule has 0 spiro atoms. The molecule has 2 aliphatic rings. The van der Waals surface area contributed by atoms with Crippen LogP contribution in [0, 0.1) is 0 Å². The molecule has 1 aromatic carbocycles. The van der Waals surface area contributed by atoms with Crippen LogP contribution in [-0.2, 0) is 17.8 Å². The Labute approximate surface area is 156 Å². The number of para-hydroxylation sites is 2. The van der Waals surface area contributed by atoms with E-state index in [1.807, 2.05) is 24.3 Å². The number of aromatic nitrogens is 3. The first-order chi connectivity index (χ1) is 12.8. The Morgan fingerprint density at radius 3 is 3.04 bits per heavy atom. The van der Waals surface area contributed by atoms with Crippen molar-refractivity contribution >= 4 is 17.7 Å². The molecule has 1 aromatic heterocycles. The van der Waals surface area contributed by atoms with Crippen LogP contribution in [0.2, 0.25) is 0 Å². The van der Waals surface area contributed by atoms with Gasteiger partial charge in [-0.1, -0.05) is 30.3 Å². The van der Waals surface area contributed by atoms with Crippen molar-refractivity contribution in [2.75, 3.05) is 18.9 Å². The largest absolute Gasteiger partial charge is 0.486 e. The van der Waals surface area contributed by atoms with Crippen LogP contribution < -0.4 is 14.8 Å². The van der Waals surface area contributed by atoms with Gasteiger partial charge in [0.2, 0.25) is 5.91 Å². The Kier molecular flexibility index (Phi) is 5.29. The fourth-order valence-electron chi connectivity index (χ4n) is 3.14. The van der Waals surface area contributed by atoms with Gasteiger partial charge in [-0.25, -0.2) is 0 Å². The summed E-state index contributed by atoms with van der Waals surface area (Å²) in [6, 6.07) is 7.56. The summed E-state index contributed by atoms with van der Waals surface area (Å²) in [5, 5.41) is 12.2. The van der Waals surface area contributed by atoms with E-state index < -0.39 is 0 Å². The molecular weight excluding hydrogens is 352 g/mol. The molecule has 4 rings (SSSR count). The zero-order chi connectivity index (χ0) is 17.8. The summed E-state index contributed by atoms with van der Waals surface area (Å²) in [6.07, 6.45) is 4.32. The molecular formula is C18H22N4O3S. The summed E-state index contributed by atoms with van der Waals surface area (Å²) in [5.41, 5.74) is 0. The molecule has 2 aliphatic heterocycles. The lowest BCUT2D eigenvalue weighted by molar-refractivity contribution is -0.119. The summed E-state index contributed by atoms with van der Waals surface area (Å²) in [6.45, 7) is 1.80. The van der Waals surface area contributed by atoms with Gasteiger partial charge in [0.15, 0.2) is 16.7 Å². The van der Waals surface area contributed by atoms with Crippen LogP contribution in [0.4, 0.5) is 0 Å². The van der Waals surface area contributed by atoms with Crippen molar-refractivity contribution in [2.45, 2.75) is 43.5 Å². The molecule has 3 heterocycles. The van der Waals surface area contributed by atoms with Crippen molar-refractivity contribution in [3.63, 3.8) is 0 Å². The first kappa shape index (κ1) is 17.2. The summed E-state index contributed by atoms with van der Waals surface area (Å²) in [5.74, 6) is 2.79. The molecule has 0 fully saturated rings. The molecule has 2 aromatic rings. The molecule has 0 bridgehead atoms. The highest BCUT2D eigenvalue weighted by Gasteiger charge is 2.21. The first-order valence-corrected chi connectivity index (χ1v) is 9.98. The highest BCUT2D eigenvalue weighted by Crippen LogP contribution is 2.30. The number of aryl methyl sites for hydroxylation is 1. The predicted molar refractivity (Wildman–Crippen MR) is 97.7 cm³/mol. The average Bonchev–Trinajstić information content (AvgIpc) is 2.90. The number of ether oxygens (including phenoxy) is 2. The first-order valence-electron chi connectivity index (χ1n) is 8.99. The Balaban J connectivity index is 1.25. The lowest BCUT2D eigenvalue weighted by Crippen LogP contribution is -2.41. The topological polar surface area (TPSA) is 78.3 Å². The lowest BCUT2D eigenvalue weighted by Gasteiger charge is -2.26. The number of thioether (sulfide) groups is 1. The number of nitrogens with one attached hydrogen (secondary N) is 1. The van der Waals surface area contributed by atoms with E-state index in [1.54, 1.807) is 0 Å². The molecule has 7 nitrogen and oxygen atoms in total. The van der Waals surface area contributed by atoms with E-state index in [0.29, 0.717) is 18.9 Å². The molecule has 26 heavy (non-hydrogen) atoms. The number of amides is 1. The minimum absolute atomic E-state index is 0.0385.